The summed E-state index contributed by atoms with van der Waals surface area (Å²) in [4.78, 5) is 25.7. The van der Waals surface area contributed by atoms with Crippen molar-refractivity contribution < 1.29 is 14.7 Å². The number of rotatable bonds is 5. The van der Waals surface area contributed by atoms with Gasteiger partial charge in [-0.05, 0) is 0 Å². The Hall–Kier alpha value is -2.71. The smallest absolute Gasteiger partial charge is 0.325 e. The zero-order chi connectivity index (χ0) is 13.0. The Kier molecular flexibility index (Phi) is 3.32. The predicted molar refractivity (Wildman–Crippen MR) is 58.5 cm³/mol. The summed E-state index contributed by atoms with van der Waals surface area (Å²) >= 11 is 0. The second-order valence-electron chi connectivity index (χ2n) is 3.46. The van der Waals surface area contributed by atoms with Crippen LogP contribution in [-0.2, 0) is 22.7 Å². The van der Waals surface area contributed by atoms with E-state index in [0.717, 1.165) is 0 Å². The number of nitrogens with one attached hydrogen (secondary N) is 1. The number of hydrogen-bond donors (Lipinski definition) is 2. The first kappa shape index (κ1) is 11.8. The Labute approximate surface area is 101 Å². The minimum Gasteiger partial charge on any atom is -0.480 e. The van der Waals surface area contributed by atoms with Gasteiger partial charge in [0.15, 0.2) is 0 Å². The highest BCUT2D eigenvalue weighted by atomic mass is 16.4. The molecular formula is C9H10N6O3. The van der Waals surface area contributed by atoms with Gasteiger partial charge in [0.05, 0.1) is 11.9 Å². The van der Waals surface area contributed by atoms with E-state index in [1.165, 1.54) is 34.4 Å². The second-order valence-corrected chi connectivity index (χ2v) is 3.46. The van der Waals surface area contributed by atoms with Crippen LogP contribution in [0.25, 0.3) is 0 Å². The first-order valence-corrected chi connectivity index (χ1v) is 5.00. The van der Waals surface area contributed by atoms with Crippen molar-refractivity contribution in [1.29, 1.82) is 0 Å². The van der Waals surface area contributed by atoms with Crippen LogP contribution >= 0.6 is 0 Å². The average molecular weight is 250 g/mol. The molecule has 9 heteroatoms. The number of hydrogen-bond acceptors (Lipinski definition) is 5. The summed E-state index contributed by atoms with van der Waals surface area (Å²) in [6.45, 7) is -0.219. The van der Waals surface area contributed by atoms with Crippen molar-refractivity contribution >= 4 is 17.6 Å². The van der Waals surface area contributed by atoms with Crippen LogP contribution < -0.4 is 5.32 Å². The summed E-state index contributed by atoms with van der Waals surface area (Å²) in [5.41, 5.74) is 0.432. The maximum absolute atomic E-state index is 11.6. The van der Waals surface area contributed by atoms with Crippen LogP contribution in [0, 0.1) is 0 Å². The Morgan fingerprint density at radius 3 is 2.78 bits per heavy atom. The Balaban J connectivity index is 1.91. The van der Waals surface area contributed by atoms with E-state index in [0.29, 0.717) is 5.69 Å². The third-order valence-electron chi connectivity index (χ3n) is 1.99. The van der Waals surface area contributed by atoms with Crippen LogP contribution in [0.5, 0.6) is 0 Å². The van der Waals surface area contributed by atoms with Gasteiger partial charge in [-0.1, -0.05) is 0 Å². The Morgan fingerprint density at radius 1 is 1.28 bits per heavy atom. The summed E-state index contributed by atoms with van der Waals surface area (Å²) < 4.78 is 2.59. The minimum absolute atomic E-state index is 0.0319. The predicted octanol–water partition coefficient (Wildman–Crippen LogP) is -0.802. The molecule has 0 radical (unpaired) electrons. The van der Waals surface area contributed by atoms with Gasteiger partial charge in [-0.25, -0.2) is 9.67 Å². The molecule has 0 aliphatic heterocycles. The standard InChI is InChI=1S/C9H10N6O3/c16-8(3-15-6-10-5-12-15)13-7-1-11-14(2-7)4-9(17)18/h1-2,5-6H,3-4H2,(H,13,16)(H,17,18). The molecule has 0 aromatic carbocycles. The fraction of sp³-hybridized carbons (Fsp3) is 0.222. The Morgan fingerprint density at radius 2 is 2.11 bits per heavy atom. The number of aliphatic carboxylic acids is 1. The number of anilines is 1. The highest BCUT2D eigenvalue weighted by Crippen LogP contribution is 2.04. The largest absolute Gasteiger partial charge is 0.480 e. The molecule has 0 saturated carbocycles. The Bertz CT molecular complexity index is 546. The van der Waals surface area contributed by atoms with Crippen LogP contribution in [0.15, 0.2) is 25.0 Å². The molecule has 0 aliphatic rings. The van der Waals surface area contributed by atoms with Crippen molar-refractivity contribution in [3.05, 3.63) is 25.0 Å². The van der Waals surface area contributed by atoms with Crippen LogP contribution in [0.4, 0.5) is 5.69 Å². The molecule has 0 fully saturated rings. The summed E-state index contributed by atoms with van der Waals surface area (Å²) in [5, 5.41) is 18.7. The van der Waals surface area contributed by atoms with Crippen molar-refractivity contribution in [2.75, 3.05) is 5.32 Å². The van der Waals surface area contributed by atoms with Crippen molar-refractivity contribution in [3.63, 3.8) is 0 Å². The number of carbonyl (C=O) groups is 2. The van der Waals surface area contributed by atoms with Gasteiger partial charge in [-0.3, -0.25) is 14.3 Å². The molecule has 2 N–H and O–H groups in total. The van der Waals surface area contributed by atoms with Crippen LogP contribution in [0.3, 0.4) is 0 Å². The lowest BCUT2D eigenvalue weighted by Crippen LogP contribution is -2.18. The SMILES string of the molecule is O=C(O)Cn1cc(NC(=O)Cn2cncn2)cn1. The molecule has 0 unspecified atom stereocenters. The molecule has 0 atom stereocenters. The molecule has 0 spiro atoms. The zero-order valence-electron chi connectivity index (χ0n) is 9.22. The van der Waals surface area contributed by atoms with Crippen molar-refractivity contribution in [3.8, 4) is 0 Å². The molecule has 2 heterocycles. The zero-order valence-corrected chi connectivity index (χ0v) is 9.22. The lowest BCUT2D eigenvalue weighted by Gasteiger charge is -2.01. The second kappa shape index (κ2) is 5.08. The first-order valence-electron chi connectivity index (χ1n) is 5.00. The van der Waals surface area contributed by atoms with Gasteiger partial charge in [0, 0.05) is 6.20 Å². The quantitative estimate of drug-likeness (QED) is 0.717. The lowest BCUT2D eigenvalue weighted by atomic mass is 10.5. The normalized spacial score (nSPS) is 10.2. The molecule has 0 saturated heterocycles. The molecule has 9 nitrogen and oxygen atoms in total. The average Bonchev–Trinajstić information content (AvgIpc) is 2.89. The lowest BCUT2D eigenvalue weighted by molar-refractivity contribution is -0.137. The molecule has 2 aromatic heterocycles. The van der Waals surface area contributed by atoms with E-state index in [2.05, 4.69) is 20.5 Å². The monoisotopic (exact) mass is 250 g/mol. The maximum Gasteiger partial charge on any atom is 0.325 e. The molecule has 2 aromatic rings. The first-order chi connectivity index (χ1) is 8.63. The fourth-order valence-electron chi connectivity index (χ4n) is 1.32. The number of carboxylic acid groups (broad SMARTS) is 1. The molecular weight excluding hydrogens is 240 g/mol. The van der Waals surface area contributed by atoms with E-state index in [-0.39, 0.29) is 19.0 Å². The van der Waals surface area contributed by atoms with E-state index in [4.69, 9.17) is 5.11 Å². The number of amides is 1. The summed E-state index contributed by atoms with van der Waals surface area (Å²) in [6, 6.07) is 0. The van der Waals surface area contributed by atoms with Gasteiger partial charge < -0.3 is 10.4 Å². The summed E-state index contributed by atoms with van der Waals surface area (Å²) in [6.07, 6.45) is 5.57. The van der Waals surface area contributed by atoms with Gasteiger partial charge in [-0.2, -0.15) is 10.2 Å². The maximum atomic E-state index is 11.6. The van der Waals surface area contributed by atoms with Crippen molar-refractivity contribution in [2.45, 2.75) is 13.1 Å². The highest BCUT2D eigenvalue weighted by Gasteiger charge is 2.07. The van der Waals surface area contributed by atoms with Crippen LogP contribution in [0.2, 0.25) is 0 Å². The third kappa shape index (κ3) is 3.14. The van der Waals surface area contributed by atoms with Gasteiger partial charge in [-0.15, -0.1) is 0 Å². The number of carboxylic acids is 1. The van der Waals surface area contributed by atoms with E-state index < -0.39 is 5.97 Å². The van der Waals surface area contributed by atoms with Crippen LogP contribution in [-0.4, -0.2) is 41.5 Å². The number of aromatic nitrogens is 5. The molecule has 0 aliphatic carbocycles. The highest BCUT2D eigenvalue weighted by molar-refractivity contribution is 5.90. The van der Waals surface area contributed by atoms with Gasteiger partial charge >= 0.3 is 5.97 Å². The minimum atomic E-state index is -1.00. The van der Waals surface area contributed by atoms with Crippen LogP contribution in [0.1, 0.15) is 0 Å². The molecule has 0 bridgehead atoms. The topological polar surface area (TPSA) is 115 Å². The van der Waals surface area contributed by atoms with E-state index >= 15 is 0 Å². The fourth-order valence-corrected chi connectivity index (χ4v) is 1.32. The van der Waals surface area contributed by atoms with Gasteiger partial charge in [0.2, 0.25) is 5.91 Å². The molecule has 2 rings (SSSR count). The number of nitrogens with zero attached hydrogens (tertiary/aromatic N) is 5. The molecule has 1 amide bonds. The third-order valence-corrected chi connectivity index (χ3v) is 1.99. The summed E-state index contributed by atoms with van der Waals surface area (Å²) in [7, 11) is 0. The van der Waals surface area contributed by atoms with E-state index in [1.807, 2.05) is 0 Å². The molecule has 18 heavy (non-hydrogen) atoms. The van der Waals surface area contributed by atoms with Crippen molar-refractivity contribution in [1.82, 2.24) is 24.5 Å². The van der Waals surface area contributed by atoms with E-state index in [9.17, 15) is 9.59 Å². The van der Waals surface area contributed by atoms with Gasteiger partial charge in [0.1, 0.15) is 25.7 Å². The van der Waals surface area contributed by atoms with Crippen molar-refractivity contribution in [2.24, 2.45) is 0 Å². The summed E-state index contributed by atoms with van der Waals surface area (Å²) in [5.74, 6) is -1.30. The number of carbonyl (C=O) groups excluding carboxylic acids is 1. The van der Waals surface area contributed by atoms with Gasteiger partial charge in [0.25, 0.3) is 0 Å². The molecule has 94 valence electrons. The van der Waals surface area contributed by atoms with E-state index in [1.54, 1.807) is 0 Å².